The number of hydrogen-bond acceptors (Lipinski definition) is 6. The number of H-pyrrole nitrogens is 1. The lowest BCUT2D eigenvalue weighted by Crippen LogP contribution is -2.43. The van der Waals surface area contributed by atoms with Gasteiger partial charge in [-0.15, -0.1) is 5.10 Å². The summed E-state index contributed by atoms with van der Waals surface area (Å²) >= 11 is 0. The molecule has 1 aliphatic heterocycles. The molecule has 2 atom stereocenters. The Morgan fingerprint density at radius 2 is 1.97 bits per heavy atom. The topological polar surface area (TPSA) is 88.9 Å². The molecule has 8 heteroatoms. The lowest BCUT2D eigenvalue weighted by Gasteiger charge is -2.41. The Bertz CT molecular complexity index is 1190. The van der Waals surface area contributed by atoms with Crippen LogP contribution in [0.5, 0.6) is 0 Å². The first-order valence-electron chi connectivity index (χ1n) is 13.3. The van der Waals surface area contributed by atoms with Gasteiger partial charge >= 0.3 is 0 Å². The van der Waals surface area contributed by atoms with Crippen LogP contribution in [-0.4, -0.2) is 48.8 Å². The highest BCUT2D eigenvalue weighted by Gasteiger charge is 2.35. The molecule has 2 aromatic heterocycles. The van der Waals surface area contributed by atoms with Gasteiger partial charge in [0, 0.05) is 30.3 Å². The van der Waals surface area contributed by atoms with Crippen LogP contribution in [0.2, 0.25) is 0 Å². The third-order valence-corrected chi connectivity index (χ3v) is 7.69. The molecule has 188 valence electrons. The third kappa shape index (κ3) is 5.33. The SMILES string of the molecule is Cc1ccc2cc(CN(C3CCCCC3)C(c3nnnn3CC3CCCO3)C(C)C)c(=O)[nH]c2c1. The summed E-state index contributed by atoms with van der Waals surface area (Å²) in [6.45, 7) is 8.59. The summed E-state index contributed by atoms with van der Waals surface area (Å²) in [6.07, 6.45) is 8.31. The number of aryl methyl sites for hydroxylation is 1. The van der Waals surface area contributed by atoms with Crippen molar-refractivity contribution in [3.63, 3.8) is 0 Å². The van der Waals surface area contributed by atoms with Crippen molar-refractivity contribution < 1.29 is 4.74 Å². The van der Waals surface area contributed by atoms with Gasteiger partial charge in [0.15, 0.2) is 5.82 Å². The molecule has 5 rings (SSSR count). The average molecular weight is 479 g/mol. The van der Waals surface area contributed by atoms with E-state index in [-0.39, 0.29) is 23.6 Å². The molecule has 3 aromatic rings. The van der Waals surface area contributed by atoms with E-state index < -0.39 is 0 Å². The lowest BCUT2D eigenvalue weighted by atomic mass is 9.90. The van der Waals surface area contributed by atoms with Crippen molar-refractivity contribution in [1.29, 1.82) is 0 Å². The molecule has 1 aliphatic carbocycles. The van der Waals surface area contributed by atoms with Gasteiger partial charge in [-0.1, -0.05) is 45.2 Å². The van der Waals surface area contributed by atoms with E-state index in [0.717, 1.165) is 60.1 Å². The van der Waals surface area contributed by atoms with Gasteiger partial charge in [-0.25, -0.2) is 4.68 Å². The minimum Gasteiger partial charge on any atom is -0.376 e. The fourth-order valence-corrected chi connectivity index (χ4v) is 5.91. The zero-order valence-corrected chi connectivity index (χ0v) is 21.2. The van der Waals surface area contributed by atoms with Crippen LogP contribution < -0.4 is 5.56 Å². The standard InChI is InChI=1S/C27H38N6O2/c1-18(2)25(26-29-30-31-33(26)17-23-10-7-13-35-23)32(22-8-5-4-6-9-22)16-21-15-20-12-11-19(3)14-24(20)28-27(21)34/h11-12,14-15,18,22-23,25H,4-10,13,16-17H2,1-3H3,(H,28,34). The largest absolute Gasteiger partial charge is 0.376 e. The van der Waals surface area contributed by atoms with Gasteiger partial charge in [0.1, 0.15) is 0 Å². The van der Waals surface area contributed by atoms with Crippen LogP contribution >= 0.6 is 0 Å². The van der Waals surface area contributed by atoms with E-state index in [1.165, 1.54) is 19.3 Å². The number of nitrogens with one attached hydrogen (secondary N) is 1. The van der Waals surface area contributed by atoms with E-state index in [1.807, 2.05) is 17.7 Å². The zero-order valence-electron chi connectivity index (χ0n) is 21.2. The van der Waals surface area contributed by atoms with Gasteiger partial charge in [-0.3, -0.25) is 9.69 Å². The Kier molecular flexibility index (Phi) is 7.29. The predicted molar refractivity (Wildman–Crippen MR) is 136 cm³/mol. The van der Waals surface area contributed by atoms with Gasteiger partial charge in [-0.2, -0.15) is 0 Å². The molecule has 1 aromatic carbocycles. The zero-order chi connectivity index (χ0) is 24.4. The van der Waals surface area contributed by atoms with Crippen LogP contribution in [0.4, 0.5) is 0 Å². The average Bonchev–Trinajstić information content (AvgIpc) is 3.52. The van der Waals surface area contributed by atoms with E-state index in [4.69, 9.17) is 4.74 Å². The molecule has 0 bridgehead atoms. The van der Waals surface area contributed by atoms with E-state index >= 15 is 0 Å². The van der Waals surface area contributed by atoms with E-state index in [0.29, 0.717) is 19.1 Å². The van der Waals surface area contributed by atoms with Crippen LogP contribution in [0.25, 0.3) is 10.9 Å². The number of fused-ring (bicyclic) bond motifs is 1. The Morgan fingerprint density at radius 3 is 2.71 bits per heavy atom. The van der Waals surface area contributed by atoms with E-state index in [1.54, 1.807) is 0 Å². The van der Waals surface area contributed by atoms with Crippen LogP contribution in [0, 0.1) is 12.8 Å². The second-order valence-electron chi connectivity index (χ2n) is 10.7. The number of hydrogen-bond donors (Lipinski definition) is 1. The molecular weight excluding hydrogens is 440 g/mol. The summed E-state index contributed by atoms with van der Waals surface area (Å²) in [4.78, 5) is 18.8. The highest BCUT2D eigenvalue weighted by atomic mass is 16.5. The summed E-state index contributed by atoms with van der Waals surface area (Å²) in [7, 11) is 0. The van der Waals surface area contributed by atoms with Crippen LogP contribution in [0.15, 0.2) is 29.1 Å². The maximum Gasteiger partial charge on any atom is 0.252 e. The minimum absolute atomic E-state index is 0.00892. The maximum atomic E-state index is 13.2. The normalized spacial score (nSPS) is 20.3. The smallest absolute Gasteiger partial charge is 0.252 e. The highest BCUT2D eigenvalue weighted by molar-refractivity contribution is 5.79. The number of tetrazole rings is 1. The van der Waals surface area contributed by atoms with Crippen molar-refractivity contribution in [3.05, 3.63) is 51.6 Å². The second kappa shape index (κ2) is 10.6. The molecule has 2 aliphatic rings. The quantitative estimate of drug-likeness (QED) is 0.512. The molecule has 0 spiro atoms. The predicted octanol–water partition coefficient (Wildman–Crippen LogP) is 4.53. The number of rotatable bonds is 8. The van der Waals surface area contributed by atoms with Crippen molar-refractivity contribution in [2.45, 2.75) is 97.0 Å². The number of pyridine rings is 1. The summed E-state index contributed by atoms with van der Waals surface area (Å²) in [5.41, 5.74) is 2.83. The first kappa shape index (κ1) is 24.1. The molecular formula is C27H38N6O2. The molecule has 8 nitrogen and oxygen atoms in total. The van der Waals surface area contributed by atoms with E-state index in [2.05, 4.69) is 57.5 Å². The van der Waals surface area contributed by atoms with Gasteiger partial charge in [-0.05, 0) is 72.0 Å². The molecule has 2 fully saturated rings. The number of aromatic nitrogens is 5. The second-order valence-corrected chi connectivity index (χ2v) is 10.7. The molecule has 1 N–H and O–H groups in total. The third-order valence-electron chi connectivity index (χ3n) is 7.69. The minimum atomic E-state index is -0.00892. The first-order valence-corrected chi connectivity index (χ1v) is 13.3. The first-order chi connectivity index (χ1) is 17.0. The molecule has 1 saturated carbocycles. The number of benzene rings is 1. The lowest BCUT2D eigenvalue weighted by molar-refractivity contribution is 0.0553. The summed E-state index contributed by atoms with van der Waals surface area (Å²) < 4.78 is 7.83. The van der Waals surface area contributed by atoms with E-state index in [9.17, 15) is 4.79 Å². The van der Waals surface area contributed by atoms with Crippen LogP contribution in [0.3, 0.4) is 0 Å². The number of ether oxygens (including phenoxy) is 1. The van der Waals surface area contributed by atoms with Crippen molar-refractivity contribution in [3.8, 4) is 0 Å². The monoisotopic (exact) mass is 478 g/mol. The Balaban J connectivity index is 1.51. The molecule has 0 amide bonds. The van der Waals surface area contributed by atoms with Crippen molar-refractivity contribution in [1.82, 2.24) is 30.1 Å². The van der Waals surface area contributed by atoms with Gasteiger partial charge in [0.2, 0.25) is 0 Å². The Morgan fingerprint density at radius 1 is 1.14 bits per heavy atom. The number of aromatic amines is 1. The fraction of sp³-hybridized carbons (Fsp3) is 0.630. The van der Waals surface area contributed by atoms with Crippen LogP contribution in [0.1, 0.15) is 81.8 Å². The highest BCUT2D eigenvalue weighted by Crippen LogP contribution is 2.35. The summed E-state index contributed by atoms with van der Waals surface area (Å²) in [5.74, 6) is 1.17. The fourth-order valence-electron chi connectivity index (χ4n) is 5.91. The molecule has 1 saturated heterocycles. The molecule has 3 heterocycles. The summed E-state index contributed by atoms with van der Waals surface area (Å²) in [6, 6.07) is 8.71. The van der Waals surface area contributed by atoms with Crippen LogP contribution in [-0.2, 0) is 17.8 Å². The van der Waals surface area contributed by atoms with Crippen molar-refractivity contribution >= 4 is 10.9 Å². The number of nitrogens with zero attached hydrogens (tertiary/aromatic N) is 5. The molecule has 0 radical (unpaired) electrons. The Hall–Kier alpha value is -2.58. The van der Waals surface area contributed by atoms with Crippen molar-refractivity contribution in [2.75, 3.05) is 6.61 Å². The van der Waals surface area contributed by atoms with Gasteiger partial charge in [0.25, 0.3) is 5.56 Å². The summed E-state index contributed by atoms with van der Waals surface area (Å²) in [5, 5.41) is 14.1. The van der Waals surface area contributed by atoms with Crippen molar-refractivity contribution in [2.24, 2.45) is 5.92 Å². The van der Waals surface area contributed by atoms with Gasteiger partial charge in [0.05, 0.1) is 18.7 Å². The van der Waals surface area contributed by atoms with Gasteiger partial charge < -0.3 is 9.72 Å². The Labute approximate surface area is 207 Å². The molecule has 35 heavy (non-hydrogen) atoms. The molecule has 2 unspecified atom stereocenters. The maximum absolute atomic E-state index is 13.2.